The van der Waals surface area contributed by atoms with E-state index in [0.29, 0.717) is 31.7 Å². The van der Waals surface area contributed by atoms with Crippen molar-refractivity contribution in [1.82, 2.24) is 9.88 Å². The summed E-state index contributed by atoms with van der Waals surface area (Å²) in [5.74, 6) is -0.321. The predicted molar refractivity (Wildman–Crippen MR) is 115 cm³/mol. The molecule has 0 saturated heterocycles. The highest BCUT2D eigenvalue weighted by molar-refractivity contribution is 6.15. The maximum atomic E-state index is 13.2. The summed E-state index contributed by atoms with van der Waals surface area (Å²) in [4.78, 5) is 23.4. The van der Waals surface area contributed by atoms with E-state index < -0.39 is 6.03 Å². The first-order chi connectivity index (χ1) is 15.0. The molecular weight excluding hydrogens is 395 g/mol. The van der Waals surface area contributed by atoms with E-state index in [1.165, 1.54) is 12.1 Å². The van der Waals surface area contributed by atoms with Crippen molar-refractivity contribution in [3.63, 3.8) is 0 Å². The lowest BCUT2D eigenvalue weighted by Gasteiger charge is -2.24. The molecule has 2 aliphatic rings. The van der Waals surface area contributed by atoms with Gasteiger partial charge in [0.1, 0.15) is 5.82 Å². The lowest BCUT2D eigenvalue weighted by Crippen LogP contribution is -2.40. The molecule has 2 amide bonds. The average molecular weight is 416 g/mol. The number of rotatable bonds is 3. The van der Waals surface area contributed by atoms with Crippen molar-refractivity contribution in [3.05, 3.63) is 94.1 Å². The van der Waals surface area contributed by atoms with Crippen LogP contribution in [0.2, 0.25) is 0 Å². The van der Waals surface area contributed by atoms with Crippen molar-refractivity contribution in [3.8, 4) is 0 Å². The zero-order valence-electron chi connectivity index (χ0n) is 17.0. The normalized spacial score (nSPS) is 15.5. The van der Waals surface area contributed by atoms with Crippen LogP contribution in [0.15, 0.2) is 59.7 Å². The number of anilines is 1. The van der Waals surface area contributed by atoms with Crippen molar-refractivity contribution in [1.29, 1.82) is 0 Å². The fourth-order valence-electron chi connectivity index (χ4n) is 4.16. The molecule has 6 nitrogen and oxygen atoms in total. The molecule has 3 heterocycles. The molecule has 0 atom stereocenters. The number of hydroxylamine groups is 1. The molecule has 0 bridgehead atoms. The highest BCUT2D eigenvalue weighted by Gasteiger charge is 2.30. The van der Waals surface area contributed by atoms with Crippen LogP contribution in [0, 0.1) is 12.7 Å². The predicted octanol–water partition coefficient (Wildman–Crippen LogP) is 4.25. The molecule has 0 radical (unpaired) electrons. The van der Waals surface area contributed by atoms with E-state index in [2.05, 4.69) is 4.98 Å². The number of aromatic nitrogens is 1. The third-order valence-electron chi connectivity index (χ3n) is 5.75. The molecule has 2 aliphatic heterocycles. The molecule has 0 fully saturated rings. The fourth-order valence-corrected chi connectivity index (χ4v) is 4.16. The van der Waals surface area contributed by atoms with Gasteiger partial charge < -0.3 is 4.90 Å². The van der Waals surface area contributed by atoms with Crippen LogP contribution in [-0.2, 0) is 19.5 Å². The summed E-state index contributed by atoms with van der Waals surface area (Å²) in [6.07, 6.45) is 2.37. The highest BCUT2D eigenvalue weighted by atomic mass is 19.1. The van der Waals surface area contributed by atoms with E-state index in [1.807, 2.05) is 31.2 Å². The van der Waals surface area contributed by atoms with E-state index in [4.69, 9.17) is 4.99 Å². The smallest absolute Gasteiger partial charge is 0.318 e. The van der Waals surface area contributed by atoms with Gasteiger partial charge in [-0.05, 0) is 66.4 Å². The number of carbonyl (C=O) groups excluding carboxylic acids is 1. The monoisotopic (exact) mass is 416 g/mol. The van der Waals surface area contributed by atoms with E-state index >= 15 is 0 Å². The molecule has 3 aromatic rings. The quantitative estimate of drug-likeness (QED) is 0.649. The first-order valence-electron chi connectivity index (χ1n) is 10.2. The van der Waals surface area contributed by atoms with E-state index in [0.717, 1.165) is 44.3 Å². The Hall–Kier alpha value is -3.58. The second kappa shape index (κ2) is 7.59. The molecule has 0 saturated carbocycles. The number of hydrogen-bond acceptors (Lipinski definition) is 4. The van der Waals surface area contributed by atoms with Gasteiger partial charge in [-0.1, -0.05) is 12.1 Å². The molecule has 7 heteroatoms. The summed E-state index contributed by atoms with van der Waals surface area (Å²) in [7, 11) is 0. The maximum Gasteiger partial charge on any atom is 0.348 e. The number of nitrogens with zero attached hydrogens (tertiary/aromatic N) is 4. The highest BCUT2D eigenvalue weighted by Crippen LogP contribution is 2.33. The molecular formula is C24H21FN4O2. The Labute approximate surface area is 179 Å². The molecule has 1 aromatic heterocycles. The third-order valence-corrected chi connectivity index (χ3v) is 5.75. The Balaban J connectivity index is 1.45. The standard InChI is InChI=1S/C24H21FN4O2/c1-15-10-18(6-8-26-15)23-21-11-17-7-9-28(14-16-2-4-20(25)5-3-16)24(30)29(31)22(17)12-19(21)13-27-23/h2-6,8,10-12,31H,7,9,13-14H2,1H3. The number of benzene rings is 2. The molecule has 0 spiro atoms. The Morgan fingerprint density at radius 2 is 1.90 bits per heavy atom. The molecule has 156 valence electrons. The number of aryl methyl sites for hydroxylation is 1. The van der Waals surface area contributed by atoms with Crippen LogP contribution in [0.1, 0.15) is 33.5 Å². The summed E-state index contributed by atoms with van der Waals surface area (Å²) in [5.41, 5.74) is 7.02. The third kappa shape index (κ3) is 3.57. The SMILES string of the molecule is Cc1cc(C2=NCc3cc4c(cc32)CCN(Cc2ccc(F)cc2)C(=O)N4O)ccn1. The van der Waals surface area contributed by atoms with Crippen molar-refractivity contribution in [2.75, 3.05) is 11.6 Å². The van der Waals surface area contributed by atoms with Gasteiger partial charge in [0.15, 0.2) is 0 Å². The number of pyridine rings is 1. The Morgan fingerprint density at radius 3 is 2.68 bits per heavy atom. The van der Waals surface area contributed by atoms with Gasteiger partial charge in [0.2, 0.25) is 0 Å². The Morgan fingerprint density at radius 1 is 1.10 bits per heavy atom. The maximum absolute atomic E-state index is 13.2. The van der Waals surface area contributed by atoms with Gasteiger partial charge in [0.25, 0.3) is 0 Å². The number of aliphatic imine (C=N–C) groups is 1. The first-order valence-corrected chi connectivity index (χ1v) is 10.2. The summed E-state index contributed by atoms with van der Waals surface area (Å²) in [6.45, 7) is 3.19. The lowest BCUT2D eigenvalue weighted by molar-refractivity contribution is 0.167. The molecule has 1 N–H and O–H groups in total. The lowest BCUT2D eigenvalue weighted by atomic mass is 9.95. The second-order valence-electron chi connectivity index (χ2n) is 7.88. The van der Waals surface area contributed by atoms with Crippen LogP contribution < -0.4 is 5.06 Å². The largest absolute Gasteiger partial charge is 0.348 e. The second-order valence-corrected chi connectivity index (χ2v) is 7.88. The summed E-state index contributed by atoms with van der Waals surface area (Å²) in [6, 6.07) is 13.4. The zero-order valence-corrected chi connectivity index (χ0v) is 17.0. The number of halogens is 1. The number of hydrogen-bond donors (Lipinski definition) is 1. The van der Waals surface area contributed by atoms with Crippen molar-refractivity contribution >= 4 is 17.4 Å². The van der Waals surface area contributed by atoms with E-state index in [-0.39, 0.29) is 5.82 Å². The van der Waals surface area contributed by atoms with Crippen LogP contribution in [0.25, 0.3) is 0 Å². The number of carbonyl (C=O) groups is 1. The van der Waals surface area contributed by atoms with Gasteiger partial charge in [-0.3, -0.25) is 15.2 Å². The Bertz CT molecular complexity index is 1210. The van der Waals surface area contributed by atoms with Crippen molar-refractivity contribution < 1.29 is 14.4 Å². The van der Waals surface area contributed by atoms with Crippen LogP contribution >= 0.6 is 0 Å². The minimum Gasteiger partial charge on any atom is -0.318 e. The van der Waals surface area contributed by atoms with Gasteiger partial charge in [0.05, 0.1) is 17.9 Å². The van der Waals surface area contributed by atoms with E-state index in [1.54, 1.807) is 23.2 Å². The molecule has 0 unspecified atom stereocenters. The Kier molecular flexibility index (Phi) is 4.75. The first kappa shape index (κ1) is 19.4. The molecule has 0 aliphatic carbocycles. The molecule has 5 rings (SSSR count). The molecule has 31 heavy (non-hydrogen) atoms. The summed E-state index contributed by atoms with van der Waals surface area (Å²) < 4.78 is 13.2. The average Bonchev–Trinajstić information content (AvgIpc) is 3.14. The fraction of sp³-hybridized carbons (Fsp3) is 0.208. The van der Waals surface area contributed by atoms with Crippen LogP contribution in [0.3, 0.4) is 0 Å². The molecule has 2 aromatic carbocycles. The van der Waals surface area contributed by atoms with Gasteiger partial charge in [-0.2, -0.15) is 5.06 Å². The van der Waals surface area contributed by atoms with Gasteiger partial charge in [-0.15, -0.1) is 0 Å². The van der Waals surface area contributed by atoms with Crippen LogP contribution in [-0.4, -0.2) is 33.4 Å². The minimum absolute atomic E-state index is 0.298. The number of urea groups is 1. The van der Waals surface area contributed by atoms with Crippen LogP contribution in [0.5, 0.6) is 0 Å². The van der Waals surface area contributed by atoms with Crippen molar-refractivity contribution in [2.24, 2.45) is 4.99 Å². The zero-order chi connectivity index (χ0) is 21.5. The number of amides is 2. The topological polar surface area (TPSA) is 69.0 Å². The van der Waals surface area contributed by atoms with Gasteiger partial charge in [0, 0.05) is 36.1 Å². The van der Waals surface area contributed by atoms with Gasteiger partial charge >= 0.3 is 6.03 Å². The van der Waals surface area contributed by atoms with Crippen molar-refractivity contribution in [2.45, 2.75) is 26.4 Å². The van der Waals surface area contributed by atoms with E-state index in [9.17, 15) is 14.4 Å². The number of fused-ring (bicyclic) bond motifs is 2. The van der Waals surface area contributed by atoms with Crippen LogP contribution in [0.4, 0.5) is 14.9 Å². The summed E-state index contributed by atoms with van der Waals surface area (Å²) in [5, 5.41) is 11.4. The summed E-state index contributed by atoms with van der Waals surface area (Å²) >= 11 is 0. The van der Waals surface area contributed by atoms with Gasteiger partial charge in [-0.25, -0.2) is 9.18 Å². The minimum atomic E-state index is -0.494.